The summed E-state index contributed by atoms with van der Waals surface area (Å²) in [6.45, 7) is 0. The van der Waals surface area contributed by atoms with Gasteiger partial charge >= 0.3 is 0 Å². The van der Waals surface area contributed by atoms with E-state index in [0.717, 1.165) is 5.56 Å². The van der Waals surface area contributed by atoms with Crippen molar-refractivity contribution in [1.29, 1.82) is 0 Å². The summed E-state index contributed by atoms with van der Waals surface area (Å²) < 4.78 is 13.4. The van der Waals surface area contributed by atoms with E-state index in [1.165, 1.54) is 25.5 Å². The van der Waals surface area contributed by atoms with Crippen molar-refractivity contribution in [1.82, 2.24) is 0 Å². The molecule has 0 bridgehead atoms. The van der Waals surface area contributed by atoms with Crippen molar-refractivity contribution in [3.8, 4) is 0 Å². The average Bonchev–Trinajstić information content (AvgIpc) is 2.48. The van der Waals surface area contributed by atoms with Crippen LogP contribution < -0.4 is 5.32 Å². The summed E-state index contributed by atoms with van der Waals surface area (Å²) in [7, 11) is 1.45. The van der Waals surface area contributed by atoms with E-state index in [9.17, 15) is 9.18 Å². The van der Waals surface area contributed by atoms with Gasteiger partial charge in [0.2, 0.25) is 0 Å². The largest absolute Gasteiger partial charge is 0.399 e. The molecule has 102 valence electrons. The molecule has 4 nitrogen and oxygen atoms in total. The first-order valence-electron chi connectivity index (χ1n) is 5.93. The Labute approximate surface area is 115 Å². The van der Waals surface area contributed by atoms with Crippen molar-refractivity contribution >= 4 is 17.8 Å². The first-order chi connectivity index (χ1) is 9.70. The Bertz CT molecular complexity index is 624. The molecule has 0 atom stereocenters. The first kappa shape index (κ1) is 13.7. The number of carbonyl (C=O) groups excluding carboxylic acids is 1. The van der Waals surface area contributed by atoms with Crippen LogP contribution in [-0.2, 0) is 4.84 Å². The predicted octanol–water partition coefficient (Wildman–Crippen LogP) is 3.06. The lowest BCUT2D eigenvalue weighted by molar-refractivity contribution is 0.102. The summed E-state index contributed by atoms with van der Waals surface area (Å²) >= 11 is 0. The molecule has 0 fully saturated rings. The van der Waals surface area contributed by atoms with Gasteiger partial charge in [0, 0.05) is 5.56 Å². The number of hydrogen-bond donors (Lipinski definition) is 1. The highest BCUT2D eigenvalue weighted by Gasteiger charge is 2.08. The number of anilines is 1. The number of rotatable bonds is 4. The van der Waals surface area contributed by atoms with Crippen LogP contribution in [0.5, 0.6) is 0 Å². The van der Waals surface area contributed by atoms with Crippen molar-refractivity contribution in [3.63, 3.8) is 0 Å². The standard InChI is InChI=1S/C15H13FN2O2/c1-20-17-10-11-6-8-12(9-7-11)15(19)18-14-5-3-2-4-13(14)16/h2-10H,1H3,(H,18,19)/b17-10+. The molecule has 2 aromatic rings. The van der Waals surface area contributed by atoms with Gasteiger partial charge in [-0.15, -0.1) is 0 Å². The molecule has 0 radical (unpaired) electrons. The molecule has 2 rings (SSSR count). The Hall–Kier alpha value is -2.69. The van der Waals surface area contributed by atoms with Gasteiger partial charge in [-0.2, -0.15) is 0 Å². The Balaban J connectivity index is 2.10. The zero-order chi connectivity index (χ0) is 14.4. The van der Waals surface area contributed by atoms with Gasteiger partial charge in [0.1, 0.15) is 12.9 Å². The van der Waals surface area contributed by atoms with E-state index in [4.69, 9.17) is 0 Å². The molecule has 1 amide bonds. The molecule has 20 heavy (non-hydrogen) atoms. The molecular weight excluding hydrogens is 259 g/mol. The normalized spacial score (nSPS) is 10.5. The predicted molar refractivity (Wildman–Crippen MR) is 75.4 cm³/mol. The highest BCUT2D eigenvalue weighted by atomic mass is 19.1. The molecule has 0 aliphatic heterocycles. The van der Waals surface area contributed by atoms with Gasteiger partial charge in [-0.25, -0.2) is 4.39 Å². The Morgan fingerprint density at radius 2 is 1.90 bits per heavy atom. The van der Waals surface area contributed by atoms with Crippen molar-refractivity contribution in [2.75, 3.05) is 12.4 Å². The molecule has 0 unspecified atom stereocenters. The molecule has 0 saturated carbocycles. The summed E-state index contributed by atoms with van der Waals surface area (Å²) in [6.07, 6.45) is 1.53. The number of amides is 1. The number of hydrogen-bond acceptors (Lipinski definition) is 3. The SMILES string of the molecule is CO/N=C/c1ccc(C(=O)Nc2ccccc2F)cc1. The second-order valence-electron chi connectivity index (χ2n) is 3.97. The number of nitrogens with zero attached hydrogens (tertiary/aromatic N) is 1. The van der Waals surface area contributed by atoms with Crippen molar-refractivity contribution in [2.24, 2.45) is 5.16 Å². The van der Waals surface area contributed by atoms with E-state index in [2.05, 4.69) is 15.3 Å². The van der Waals surface area contributed by atoms with Crippen molar-refractivity contribution in [2.45, 2.75) is 0 Å². The maximum Gasteiger partial charge on any atom is 0.255 e. The van der Waals surface area contributed by atoms with Crippen LogP contribution in [-0.4, -0.2) is 19.2 Å². The summed E-state index contributed by atoms with van der Waals surface area (Å²) in [6, 6.07) is 12.7. The van der Waals surface area contributed by atoms with Gasteiger partial charge in [-0.05, 0) is 29.8 Å². The lowest BCUT2D eigenvalue weighted by Crippen LogP contribution is -2.12. The van der Waals surface area contributed by atoms with Crippen LogP contribution in [0.4, 0.5) is 10.1 Å². The monoisotopic (exact) mass is 272 g/mol. The fraction of sp³-hybridized carbons (Fsp3) is 0.0667. The molecule has 1 N–H and O–H groups in total. The zero-order valence-corrected chi connectivity index (χ0v) is 10.8. The number of benzene rings is 2. The minimum atomic E-state index is -0.468. The molecule has 0 spiro atoms. The summed E-state index contributed by atoms with van der Waals surface area (Å²) in [4.78, 5) is 16.5. The summed E-state index contributed by atoms with van der Waals surface area (Å²) in [5.74, 6) is -0.838. The first-order valence-corrected chi connectivity index (χ1v) is 5.93. The maximum absolute atomic E-state index is 13.4. The molecule has 2 aromatic carbocycles. The van der Waals surface area contributed by atoms with Crippen LogP contribution in [0.25, 0.3) is 0 Å². The quantitative estimate of drug-likeness (QED) is 0.687. The Kier molecular flexibility index (Phi) is 4.44. The topological polar surface area (TPSA) is 50.7 Å². The number of halogens is 1. The lowest BCUT2D eigenvalue weighted by Gasteiger charge is -2.06. The third-order valence-electron chi connectivity index (χ3n) is 2.60. The molecule has 0 aliphatic carbocycles. The molecule has 0 aromatic heterocycles. The highest BCUT2D eigenvalue weighted by molar-refractivity contribution is 6.04. The number of oxime groups is 1. The molecular formula is C15H13FN2O2. The second-order valence-corrected chi connectivity index (χ2v) is 3.97. The minimum Gasteiger partial charge on any atom is -0.399 e. The van der Waals surface area contributed by atoms with Crippen LogP contribution in [0.15, 0.2) is 53.7 Å². The number of carbonyl (C=O) groups is 1. The minimum absolute atomic E-state index is 0.155. The molecule has 5 heteroatoms. The van der Waals surface area contributed by atoms with E-state index in [1.807, 2.05) is 0 Å². The summed E-state index contributed by atoms with van der Waals surface area (Å²) in [5, 5.41) is 6.14. The smallest absolute Gasteiger partial charge is 0.255 e. The zero-order valence-electron chi connectivity index (χ0n) is 10.8. The number of para-hydroxylation sites is 1. The van der Waals surface area contributed by atoms with Crippen LogP contribution in [0, 0.1) is 5.82 Å². The second kappa shape index (κ2) is 6.47. The van der Waals surface area contributed by atoms with Gasteiger partial charge < -0.3 is 10.2 Å². The fourth-order valence-electron chi connectivity index (χ4n) is 1.59. The van der Waals surface area contributed by atoms with Gasteiger partial charge in [0.15, 0.2) is 0 Å². The van der Waals surface area contributed by atoms with E-state index in [1.54, 1.807) is 36.4 Å². The van der Waals surface area contributed by atoms with Gasteiger partial charge in [-0.3, -0.25) is 4.79 Å². The Morgan fingerprint density at radius 1 is 1.20 bits per heavy atom. The van der Waals surface area contributed by atoms with E-state index in [-0.39, 0.29) is 11.6 Å². The molecule has 0 heterocycles. The fourth-order valence-corrected chi connectivity index (χ4v) is 1.59. The summed E-state index contributed by atoms with van der Waals surface area (Å²) in [5.41, 5.74) is 1.39. The van der Waals surface area contributed by atoms with Crippen molar-refractivity contribution < 1.29 is 14.0 Å². The third kappa shape index (κ3) is 3.41. The average molecular weight is 272 g/mol. The van der Waals surface area contributed by atoms with Gasteiger partial charge in [0.05, 0.1) is 11.9 Å². The third-order valence-corrected chi connectivity index (χ3v) is 2.60. The Morgan fingerprint density at radius 3 is 2.55 bits per heavy atom. The van der Waals surface area contributed by atoms with E-state index >= 15 is 0 Å². The van der Waals surface area contributed by atoms with Gasteiger partial charge in [0.25, 0.3) is 5.91 Å². The van der Waals surface area contributed by atoms with Crippen LogP contribution >= 0.6 is 0 Å². The van der Waals surface area contributed by atoms with Gasteiger partial charge in [-0.1, -0.05) is 29.4 Å². The molecule has 0 saturated heterocycles. The lowest BCUT2D eigenvalue weighted by atomic mass is 10.1. The molecule has 0 aliphatic rings. The number of nitrogens with one attached hydrogen (secondary N) is 1. The van der Waals surface area contributed by atoms with E-state index < -0.39 is 5.82 Å². The highest BCUT2D eigenvalue weighted by Crippen LogP contribution is 2.14. The maximum atomic E-state index is 13.4. The van der Waals surface area contributed by atoms with Crippen molar-refractivity contribution in [3.05, 3.63) is 65.5 Å². The van der Waals surface area contributed by atoms with Crippen LogP contribution in [0.2, 0.25) is 0 Å². The van der Waals surface area contributed by atoms with E-state index in [0.29, 0.717) is 5.56 Å². The van der Waals surface area contributed by atoms with Crippen LogP contribution in [0.3, 0.4) is 0 Å². The van der Waals surface area contributed by atoms with Crippen LogP contribution in [0.1, 0.15) is 15.9 Å².